The smallest absolute Gasteiger partial charge is 0.242 e. The minimum Gasteiger partial charge on any atom is -0.375 e. The van der Waals surface area contributed by atoms with Crippen molar-refractivity contribution in [3.8, 4) is 11.1 Å². The molecule has 11 N–H and O–H groups in total. The number of benzene rings is 2. The van der Waals surface area contributed by atoms with Crippen LogP contribution in [0.3, 0.4) is 0 Å². The average molecular weight is 512 g/mol. The molecule has 1 saturated carbocycles. The van der Waals surface area contributed by atoms with E-state index in [0.717, 1.165) is 4.70 Å². The molecule has 0 unspecified atom stereocenters. The van der Waals surface area contributed by atoms with Crippen LogP contribution >= 0.6 is 11.3 Å². The molecule has 2 fully saturated rings. The second-order valence-electron chi connectivity index (χ2n) is 7.70. The van der Waals surface area contributed by atoms with Gasteiger partial charge in [-0.25, -0.2) is 42.5 Å². The van der Waals surface area contributed by atoms with E-state index in [1.807, 2.05) is 6.07 Å². The van der Waals surface area contributed by atoms with Crippen molar-refractivity contribution in [3.05, 3.63) is 35.9 Å². The summed E-state index contributed by atoms with van der Waals surface area (Å²) in [4.78, 5) is 3.36. The van der Waals surface area contributed by atoms with Gasteiger partial charge in [0.25, 0.3) is 0 Å². The highest BCUT2D eigenvalue weighted by atomic mass is 32.2. The predicted molar refractivity (Wildman–Crippen MR) is 123 cm³/mol. The summed E-state index contributed by atoms with van der Waals surface area (Å²) >= 11 is 1.28. The first kappa shape index (κ1) is 22.5. The summed E-state index contributed by atoms with van der Waals surface area (Å²) in [6.45, 7) is 0. The molecule has 2 aliphatic rings. The molecule has 1 aromatic heterocycles. The fraction of sp³-hybridized carbons (Fsp3) is 0.235. The number of aromatic nitrogens is 1. The molecule has 5 rings (SSSR count). The van der Waals surface area contributed by atoms with Crippen LogP contribution in [0.5, 0.6) is 0 Å². The quantitative estimate of drug-likeness (QED) is 0.194. The van der Waals surface area contributed by atoms with Gasteiger partial charge < -0.3 is 11.5 Å². The van der Waals surface area contributed by atoms with Gasteiger partial charge in [0.05, 0.1) is 10.2 Å². The van der Waals surface area contributed by atoms with Gasteiger partial charge in [0.15, 0.2) is 5.13 Å². The molecule has 0 spiro atoms. The molecular weight excluding hydrogens is 490 g/mol. The fourth-order valence-electron chi connectivity index (χ4n) is 3.80. The van der Waals surface area contributed by atoms with Crippen molar-refractivity contribution in [1.82, 2.24) is 31.6 Å². The molecule has 0 bridgehead atoms. The van der Waals surface area contributed by atoms with E-state index in [9.17, 15) is 16.8 Å². The third-order valence-corrected chi connectivity index (χ3v) is 8.91. The highest BCUT2D eigenvalue weighted by molar-refractivity contribution is 7.92. The third kappa shape index (κ3) is 4.10. The van der Waals surface area contributed by atoms with Crippen LogP contribution in [0.2, 0.25) is 0 Å². The third-order valence-electron chi connectivity index (χ3n) is 5.39. The maximum Gasteiger partial charge on any atom is 0.242 e. The Morgan fingerprint density at radius 1 is 1.06 bits per heavy atom. The number of hydrazine groups is 3. The van der Waals surface area contributed by atoms with Crippen molar-refractivity contribution in [2.24, 2.45) is 10.9 Å². The molecule has 16 heteroatoms. The molecule has 1 saturated heterocycles. The van der Waals surface area contributed by atoms with Gasteiger partial charge in [0.2, 0.25) is 20.0 Å². The molecule has 2 heterocycles. The lowest BCUT2D eigenvalue weighted by molar-refractivity contribution is 0.533. The summed E-state index contributed by atoms with van der Waals surface area (Å²) in [6.07, 6.45) is -0.403. The summed E-state index contributed by atoms with van der Waals surface area (Å²) in [7, 11) is -8.77. The number of hydrogen-bond donors (Lipinski definition) is 8. The molecule has 2 atom stereocenters. The van der Waals surface area contributed by atoms with E-state index in [-0.39, 0.29) is 11.6 Å². The maximum absolute atomic E-state index is 13.1. The zero-order chi connectivity index (χ0) is 23.5. The van der Waals surface area contributed by atoms with E-state index < -0.39 is 42.0 Å². The van der Waals surface area contributed by atoms with Crippen molar-refractivity contribution in [1.29, 1.82) is 0 Å². The van der Waals surface area contributed by atoms with E-state index in [1.165, 1.54) is 23.5 Å². The number of anilines is 1. The number of thiazole rings is 1. The van der Waals surface area contributed by atoms with Crippen molar-refractivity contribution >= 4 is 46.7 Å². The Hall–Kier alpha value is -2.25. The Morgan fingerprint density at radius 3 is 2.39 bits per heavy atom. The van der Waals surface area contributed by atoms with Gasteiger partial charge in [-0.15, -0.1) is 0 Å². The van der Waals surface area contributed by atoms with E-state index in [4.69, 9.17) is 16.6 Å². The zero-order valence-corrected chi connectivity index (χ0v) is 19.3. The number of nitrogens with zero attached hydrogens (tertiary/aromatic N) is 1. The number of hydrogen-bond acceptors (Lipinski definition) is 12. The number of primary sulfonamides is 1. The minimum absolute atomic E-state index is 0.0945. The Balaban J connectivity index is 1.81. The van der Waals surface area contributed by atoms with Crippen LogP contribution in [-0.2, 0) is 20.0 Å². The van der Waals surface area contributed by atoms with Crippen molar-refractivity contribution in [2.45, 2.75) is 34.5 Å². The number of fused-ring (bicyclic) bond motifs is 1. The monoisotopic (exact) mass is 511 g/mol. The van der Waals surface area contributed by atoms with Crippen molar-refractivity contribution in [3.63, 3.8) is 0 Å². The number of rotatable bonds is 6. The van der Waals surface area contributed by atoms with Gasteiger partial charge in [0, 0.05) is 23.2 Å². The summed E-state index contributed by atoms with van der Waals surface area (Å²) in [5.74, 6) is 0. The molecule has 33 heavy (non-hydrogen) atoms. The largest absolute Gasteiger partial charge is 0.375 e. The maximum atomic E-state index is 13.1. The number of nitrogen functional groups attached to an aromatic ring is 1. The van der Waals surface area contributed by atoms with Crippen LogP contribution in [0.25, 0.3) is 21.3 Å². The van der Waals surface area contributed by atoms with E-state index >= 15 is 0 Å². The Kier molecular flexibility index (Phi) is 5.40. The summed E-state index contributed by atoms with van der Waals surface area (Å²) in [6, 6.07) is 7.32. The first-order valence-electron chi connectivity index (χ1n) is 9.70. The number of nitrogens with one attached hydrogen (secondary N) is 5. The molecule has 1 aliphatic heterocycles. The molecule has 2 aromatic carbocycles. The van der Waals surface area contributed by atoms with Gasteiger partial charge in [-0.2, -0.15) is 11.1 Å². The Morgan fingerprint density at radius 2 is 1.76 bits per heavy atom. The summed E-state index contributed by atoms with van der Waals surface area (Å²) in [5.41, 5.74) is 24.1. The van der Waals surface area contributed by atoms with Crippen LogP contribution in [0, 0.1) is 0 Å². The van der Waals surface area contributed by atoms with E-state index in [1.54, 1.807) is 12.1 Å². The lowest BCUT2D eigenvalue weighted by Gasteiger charge is -2.22. The Bertz CT molecular complexity index is 1470. The van der Waals surface area contributed by atoms with Gasteiger partial charge in [-0.05, 0) is 24.1 Å². The number of sulfonamides is 2. The summed E-state index contributed by atoms with van der Waals surface area (Å²) in [5, 5.41) is 5.93. The lowest BCUT2D eigenvalue weighted by atomic mass is 9.97. The molecule has 176 valence electrons. The second-order valence-corrected chi connectivity index (χ2v) is 11.9. The molecule has 0 radical (unpaired) electrons. The van der Waals surface area contributed by atoms with Crippen LogP contribution in [0.4, 0.5) is 5.13 Å². The first-order chi connectivity index (χ1) is 15.6. The Labute approximate surface area is 193 Å². The SMILES string of the molecule is Nc1nc2c(-c3ccc(S(=O)(=O)N[C@@H]4C[C@H]4N)c(S(N)(=O)=O)c3C3NNNN3)cccc2s1. The number of para-hydroxylation sites is 1. The van der Waals surface area contributed by atoms with Crippen LogP contribution in [0.1, 0.15) is 18.2 Å². The second kappa shape index (κ2) is 7.91. The minimum atomic E-state index is -4.52. The molecule has 13 nitrogen and oxygen atoms in total. The van der Waals surface area contributed by atoms with Crippen molar-refractivity contribution < 1.29 is 16.8 Å². The first-order valence-corrected chi connectivity index (χ1v) is 13.5. The average Bonchev–Trinajstić information content (AvgIpc) is 3.13. The summed E-state index contributed by atoms with van der Waals surface area (Å²) < 4.78 is 55.2. The van der Waals surface area contributed by atoms with E-state index in [2.05, 4.69) is 31.6 Å². The molecule has 1 aliphatic carbocycles. The fourth-order valence-corrected chi connectivity index (χ4v) is 7.52. The van der Waals surface area contributed by atoms with Crippen molar-refractivity contribution in [2.75, 3.05) is 5.73 Å². The van der Waals surface area contributed by atoms with Crippen LogP contribution in [-0.4, -0.2) is 33.9 Å². The zero-order valence-electron chi connectivity index (χ0n) is 16.9. The number of nitrogens with two attached hydrogens (primary N) is 3. The van der Waals surface area contributed by atoms with Gasteiger partial charge in [0.1, 0.15) is 16.0 Å². The molecular formula is C17H21N9O4S3. The van der Waals surface area contributed by atoms with Gasteiger partial charge in [-0.1, -0.05) is 29.5 Å². The normalized spacial score (nSPS) is 21.6. The highest BCUT2D eigenvalue weighted by Crippen LogP contribution is 2.40. The molecule has 3 aromatic rings. The van der Waals surface area contributed by atoms with Crippen LogP contribution < -0.4 is 43.2 Å². The standard InChI is InChI=1S/C17H21N9O4S3/c18-9-6-10(9)24-33(29,30)12-5-4-7(8-2-1-3-11-14(8)21-17(19)31-11)13(15(12)32(20,27)28)16-22-25-26-23-16/h1-5,9-10,16,22-26H,6,18H2,(H2,19,21)(H2,20,27,28)/t9-,10-/m1/s1. The molecule has 0 amide bonds. The van der Waals surface area contributed by atoms with Gasteiger partial charge in [-0.3, -0.25) is 0 Å². The van der Waals surface area contributed by atoms with Crippen LogP contribution in [0.15, 0.2) is 40.1 Å². The topological polar surface area (TPSA) is 219 Å². The van der Waals surface area contributed by atoms with E-state index in [0.29, 0.717) is 28.2 Å². The van der Waals surface area contributed by atoms with Gasteiger partial charge >= 0.3 is 0 Å². The highest BCUT2D eigenvalue weighted by Gasteiger charge is 2.40. The lowest BCUT2D eigenvalue weighted by Crippen LogP contribution is -2.34. The predicted octanol–water partition coefficient (Wildman–Crippen LogP) is -1.31.